The number of halogens is 1. The van der Waals surface area contributed by atoms with Gasteiger partial charge < -0.3 is 0 Å². The highest BCUT2D eigenvalue weighted by molar-refractivity contribution is 9.10. The SMILES string of the molecule is CC(C)CCC[C@@H](C)[C@H]1CC[C@H]2[C@@H]3CC=C4CC(=O)[C@@H](Br)C[C@]4(C)[C@H]3CC[C@]12C. The number of carbonyl (C=O) groups excluding carboxylic acids is 1. The first-order valence-corrected chi connectivity index (χ1v) is 13.4. The highest BCUT2D eigenvalue weighted by atomic mass is 79.9. The van der Waals surface area contributed by atoms with Gasteiger partial charge in [0.05, 0.1) is 4.83 Å². The zero-order valence-corrected chi connectivity index (χ0v) is 21.1. The molecule has 8 atom stereocenters. The topological polar surface area (TPSA) is 17.1 Å². The van der Waals surface area contributed by atoms with Crippen LogP contribution < -0.4 is 0 Å². The lowest BCUT2D eigenvalue weighted by Gasteiger charge is -2.58. The molecule has 3 saturated carbocycles. The van der Waals surface area contributed by atoms with Gasteiger partial charge in [-0.05, 0) is 84.9 Å². The maximum atomic E-state index is 12.3. The summed E-state index contributed by atoms with van der Waals surface area (Å²) in [5.74, 6) is 5.60. The average Bonchev–Trinajstić information content (AvgIpc) is 3.00. The van der Waals surface area contributed by atoms with Gasteiger partial charge in [-0.2, -0.15) is 0 Å². The van der Waals surface area contributed by atoms with E-state index >= 15 is 0 Å². The molecule has 0 bridgehead atoms. The Morgan fingerprint density at radius 1 is 1.10 bits per heavy atom. The van der Waals surface area contributed by atoms with Crippen LogP contribution in [0.3, 0.4) is 0 Å². The van der Waals surface area contributed by atoms with Crippen LogP contribution in [0.2, 0.25) is 0 Å². The minimum absolute atomic E-state index is 0.0778. The van der Waals surface area contributed by atoms with Crippen LogP contribution in [0.15, 0.2) is 11.6 Å². The van der Waals surface area contributed by atoms with Crippen LogP contribution in [0.5, 0.6) is 0 Å². The van der Waals surface area contributed by atoms with E-state index in [-0.39, 0.29) is 10.2 Å². The monoisotopic (exact) mass is 462 g/mol. The number of fused-ring (bicyclic) bond motifs is 5. The molecule has 29 heavy (non-hydrogen) atoms. The Balaban J connectivity index is 1.51. The molecule has 0 saturated heterocycles. The van der Waals surface area contributed by atoms with Gasteiger partial charge >= 0.3 is 0 Å². The van der Waals surface area contributed by atoms with Crippen molar-refractivity contribution in [3.05, 3.63) is 11.6 Å². The van der Waals surface area contributed by atoms with Crippen molar-refractivity contribution in [2.75, 3.05) is 0 Å². The molecule has 0 aromatic rings. The third kappa shape index (κ3) is 3.72. The number of ketones is 1. The normalized spacial score (nSPS) is 45.4. The lowest BCUT2D eigenvalue weighted by atomic mass is 9.47. The summed E-state index contributed by atoms with van der Waals surface area (Å²) in [6.07, 6.45) is 15.4. The van der Waals surface area contributed by atoms with Crippen molar-refractivity contribution in [1.29, 1.82) is 0 Å². The van der Waals surface area contributed by atoms with Crippen molar-refractivity contribution in [3.63, 3.8) is 0 Å². The lowest BCUT2D eigenvalue weighted by Crippen LogP contribution is -2.52. The van der Waals surface area contributed by atoms with Crippen LogP contribution in [0.1, 0.15) is 98.8 Å². The summed E-state index contributed by atoms with van der Waals surface area (Å²) < 4.78 is 0. The molecule has 4 rings (SSSR count). The van der Waals surface area contributed by atoms with Gasteiger partial charge in [0.2, 0.25) is 0 Å². The van der Waals surface area contributed by atoms with Gasteiger partial charge in [0.1, 0.15) is 0 Å². The summed E-state index contributed by atoms with van der Waals surface area (Å²) in [5.41, 5.74) is 2.30. The summed E-state index contributed by atoms with van der Waals surface area (Å²) in [6.45, 7) is 12.5. The molecule has 0 aromatic carbocycles. The smallest absolute Gasteiger partial charge is 0.150 e. The Labute approximate surface area is 188 Å². The van der Waals surface area contributed by atoms with E-state index in [1.165, 1.54) is 56.9 Å². The average molecular weight is 464 g/mol. The first kappa shape index (κ1) is 22.1. The van der Waals surface area contributed by atoms with E-state index in [4.69, 9.17) is 0 Å². The molecule has 0 radical (unpaired) electrons. The van der Waals surface area contributed by atoms with Crippen molar-refractivity contribution in [1.82, 2.24) is 0 Å². The molecule has 0 spiro atoms. The van der Waals surface area contributed by atoms with Gasteiger partial charge in [0.25, 0.3) is 0 Å². The van der Waals surface area contributed by atoms with E-state index in [2.05, 4.69) is 56.6 Å². The summed E-state index contributed by atoms with van der Waals surface area (Å²) in [5, 5.41) is 0. The van der Waals surface area contributed by atoms with Gasteiger partial charge in [-0.15, -0.1) is 0 Å². The Kier molecular flexibility index (Phi) is 6.17. The number of allylic oxidation sites excluding steroid dienone is 2. The molecule has 3 fully saturated rings. The number of carbonyl (C=O) groups is 1. The van der Waals surface area contributed by atoms with Crippen molar-refractivity contribution in [2.45, 2.75) is 104 Å². The van der Waals surface area contributed by atoms with Gasteiger partial charge in [-0.3, -0.25) is 4.79 Å². The second-order valence-electron chi connectivity index (χ2n) is 12.1. The van der Waals surface area contributed by atoms with Gasteiger partial charge in [0, 0.05) is 6.42 Å². The van der Waals surface area contributed by atoms with Crippen LogP contribution in [0.4, 0.5) is 0 Å². The van der Waals surface area contributed by atoms with Gasteiger partial charge in [-0.1, -0.05) is 81.5 Å². The van der Waals surface area contributed by atoms with E-state index in [0.717, 1.165) is 41.9 Å². The van der Waals surface area contributed by atoms with Crippen molar-refractivity contribution in [3.8, 4) is 0 Å². The van der Waals surface area contributed by atoms with Crippen molar-refractivity contribution < 1.29 is 4.79 Å². The first-order valence-electron chi connectivity index (χ1n) is 12.5. The van der Waals surface area contributed by atoms with E-state index in [1.807, 2.05) is 0 Å². The zero-order chi connectivity index (χ0) is 21.0. The Bertz CT molecular complexity index is 665. The minimum atomic E-state index is 0.0778. The van der Waals surface area contributed by atoms with E-state index in [1.54, 1.807) is 0 Å². The maximum Gasteiger partial charge on any atom is 0.150 e. The first-order chi connectivity index (χ1) is 13.7. The molecule has 0 heterocycles. The fraction of sp³-hybridized carbons (Fsp3) is 0.889. The van der Waals surface area contributed by atoms with E-state index in [9.17, 15) is 4.79 Å². The van der Waals surface area contributed by atoms with E-state index < -0.39 is 0 Å². The van der Waals surface area contributed by atoms with Crippen LogP contribution in [-0.4, -0.2) is 10.6 Å². The Hall–Kier alpha value is -0.110. The van der Waals surface area contributed by atoms with Gasteiger partial charge in [0.15, 0.2) is 5.78 Å². The van der Waals surface area contributed by atoms with Crippen LogP contribution in [0.25, 0.3) is 0 Å². The van der Waals surface area contributed by atoms with Crippen molar-refractivity contribution >= 4 is 21.7 Å². The number of alkyl halides is 1. The second-order valence-corrected chi connectivity index (χ2v) is 13.2. The number of hydrogen-bond donors (Lipinski definition) is 0. The van der Waals surface area contributed by atoms with Crippen LogP contribution in [-0.2, 0) is 4.79 Å². The third-order valence-electron chi connectivity index (χ3n) is 10.1. The molecular formula is C27H43BrO. The minimum Gasteiger partial charge on any atom is -0.298 e. The molecule has 0 aromatic heterocycles. The highest BCUT2D eigenvalue weighted by Crippen LogP contribution is 2.67. The molecule has 0 N–H and O–H groups in total. The number of rotatable bonds is 5. The third-order valence-corrected chi connectivity index (χ3v) is 11.0. The fourth-order valence-electron chi connectivity index (χ4n) is 8.52. The summed E-state index contributed by atoms with van der Waals surface area (Å²) >= 11 is 3.72. The number of Topliss-reactive ketones (excluding diaryl/α,β-unsaturated/α-hetero) is 1. The largest absolute Gasteiger partial charge is 0.298 e. The lowest BCUT2D eigenvalue weighted by molar-refractivity contribution is -0.121. The van der Waals surface area contributed by atoms with Gasteiger partial charge in [-0.25, -0.2) is 0 Å². The molecule has 0 unspecified atom stereocenters. The zero-order valence-electron chi connectivity index (χ0n) is 19.5. The van der Waals surface area contributed by atoms with Crippen molar-refractivity contribution in [2.24, 2.45) is 46.3 Å². The highest BCUT2D eigenvalue weighted by Gasteiger charge is 2.59. The summed E-state index contributed by atoms with van der Waals surface area (Å²) in [6, 6.07) is 0. The maximum absolute atomic E-state index is 12.3. The Morgan fingerprint density at radius 2 is 1.86 bits per heavy atom. The molecular weight excluding hydrogens is 420 g/mol. The fourth-order valence-corrected chi connectivity index (χ4v) is 9.36. The summed E-state index contributed by atoms with van der Waals surface area (Å²) in [4.78, 5) is 12.4. The predicted octanol–water partition coefficient (Wildman–Crippen LogP) is 7.97. The number of hydrogen-bond acceptors (Lipinski definition) is 1. The van der Waals surface area contributed by atoms with E-state index in [0.29, 0.717) is 17.6 Å². The molecule has 2 heteroatoms. The standard InChI is InChI=1S/C27H43BrO/c1-17(2)7-6-8-18(3)21-11-12-22-20-10-9-19-15-25(29)24(28)16-27(19,5)23(20)13-14-26(21,22)4/h9,17-18,20-24H,6-8,10-16H2,1-5H3/t18-,20+,21-,22+,23+,24+,26-,27+/m1/s1. The quantitative estimate of drug-likeness (QED) is 0.298. The summed E-state index contributed by atoms with van der Waals surface area (Å²) in [7, 11) is 0. The van der Waals surface area contributed by atoms with Crippen LogP contribution >= 0.6 is 15.9 Å². The predicted molar refractivity (Wildman–Crippen MR) is 126 cm³/mol. The Morgan fingerprint density at radius 3 is 2.59 bits per heavy atom. The molecule has 0 amide bonds. The molecule has 4 aliphatic carbocycles. The molecule has 0 aliphatic heterocycles. The molecule has 4 aliphatic rings. The molecule has 1 nitrogen and oxygen atoms in total. The van der Waals surface area contributed by atoms with Crippen LogP contribution in [0, 0.1) is 46.3 Å². The second kappa shape index (κ2) is 8.10. The molecule has 164 valence electrons.